The molecule has 8 heteroatoms. The maximum absolute atomic E-state index is 12.1. The number of amides is 1. The first-order valence-corrected chi connectivity index (χ1v) is 4.75. The Morgan fingerprint density at radius 3 is 2.44 bits per heavy atom. The van der Waals surface area contributed by atoms with E-state index in [1.165, 1.54) is 6.92 Å². The summed E-state index contributed by atoms with van der Waals surface area (Å²) in [7, 11) is 0. The summed E-state index contributed by atoms with van der Waals surface area (Å²) in [4.78, 5) is 21.7. The summed E-state index contributed by atoms with van der Waals surface area (Å²) >= 11 is 0. The summed E-state index contributed by atoms with van der Waals surface area (Å²) in [5.41, 5.74) is 0. The molecule has 92 valence electrons. The molecule has 0 bridgehead atoms. The molecule has 16 heavy (non-hydrogen) atoms. The largest absolute Gasteiger partial charge is 0.406 e. The van der Waals surface area contributed by atoms with Crippen LogP contribution in [0.4, 0.5) is 13.2 Å². The number of rotatable bonds is 4. The van der Waals surface area contributed by atoms with E-state index >= 15 is 0 Å². The van der Waals surface area contributed by atoms with Crippen LogP contribution in [0.3, 0.4) is 0 Å². The standard InChI is InChI=1S/C8H11F3N2O3/c1-2-12(4-8(9,10)11)7(14)5-3-6(5)13(15)16/h5-6H,2-4H2,1H3. The maximum Gasteiger partial charge on any atom is 0.406 e. The lowest BCUT2D eigenvalue weighted by molar-refractivity contribution is -0.497. The van der Waals surface area contributed by atoms with Crippen LogP contribution in [0.15, 0.2) is 0 Å². The number of hydrogen-bond acceptors (Lipinski definition) is 3. The third kappa shape index (κ3) is 3.07. The molecule has 2 unspecified atom stereocenters. The average molecular weight is 240 g/mol. The van der Waals surface area contributed by atoms with E-state index in [1.54, 1.807) is 0 Å². The molecule has 5 nitrogen and oxygen atoms in total. The highest BCUT2D eigenvalue weighted by atomic mass is 19.4. The van der Waals surface area contributed by atoms with Gasteiger partial charge in [-0.15, -0.1) is 0 Å². The Bertz CT molecular complexity index is 305. The van der Waals surface area contributed by atoms with Crippen LogP contribution in [0, 0.1) is 16.0 Å². The summed E-state index contributed by atoms with van der Waals surface area (Å²) in [6.45, 7) is -0.0320. The molecule has 1 amide bonds. The first kappa shape index (κ1) is 12.7. The van der Waals surface area contributed by atoms with Crippen molar-refractivity contribution < 1.29 is 22.9 Å². The Morgan fingerprint density at radius 2 is 2.12 bits per heavy atom. The first-order valence-electron chi connectivity index (χ1n) is 4.75. The summed E-state index contributed by atoms with van der Waals surface area (Å²) in [6.07, 6.45) is -4.43. The topological polar surface area (TPSA) is 63.5 Å². The maximum atomic E-state index is 12.1. The van der Waals surface area contributed by atoms with E-state index in [9.17, 15) is 28.1 Å². The van der Waals surface area contributed by atoms with Crippen molar-refractivity contribution in [2.24, 2.45) is 5.92 Å². The fourth-order valence-corrected chi connectivity index (χ4v) is 1.48. The number of carbonyl (C=O) groups is 1. The molecule has 1 saturated carbocycles. The highest BCUT2D eigenvalue weighted by Crippen LogP contribution is 2.35. The lowest BCUT2D eigenvalue weighted by Crippen LogP contribution is -2.40. The molecule has 0 aromatic heterocycles. The fraction of sp³-hybridized carbons (Fsp3) is 0.875. The minimum Gasteiger partial charge on any atom is -0.333 e. The molecule has 0 heterocycles. The van der Waals surface area contributed by atoms with Gasteiger partial charge in [0.15, 0.2) is 0 Å². The Hall–Kier alpha value is -1.34. The summed E-state index contributed by atoms with van der Waals surface area (Å²) in [5, 5.41) is 10.3. The second-order valence-electron chi connectivity index (χ2n) is 3.66. The first-order chi connectivity index (χ1) is 7.26. The minimum absolute atomic E-state index is 0.0419. The van der Waals surface area contributed by atoms with Crippen molar-refractivity contribution >= 4 is 5.91 Å². The molecule has 0 radical (unpaired) electrons. The van der Waals surface area contributed by atoms with Crippen molar-refractivity contribution in [2.75, 3.05) is 13.1 Å². The van der Waals surface area contributed by atoms with Crippen LogP contribution in [0.2, 0.25) is 0 Å². The van der Waals surface area contributed by atoms with Crippen molar-refractivity contribution in [1.29, 1.82) is 0 Å². The van der Waals surface area contributed by atoms with E-state index in [1.807, 2.05) is 0 Å². The second-order valence-corrected chi connectivity index (χ2v) is 3.66. The van der Waals surface area contributed by atoms with Gasteiger partial charge in [0.05, 0.1) is 0 Å². The van der Waals surface area contributed by atoms with Crippen LogP contribution in [-0.2, 0) is 4.79 Å². The van der Waals surface area contributed by atoms with Gasteiger partial charge in [0.1, 0.15) is 12.5 Å². The van der Waals surface area contributed by atoms with Gasteiger partial charge in [-0.25, -0.2) is 0 Å². The number of halogens is 3. The predicted molar refractivity (Wildman–Crippen MR) is 47.2 cm³/mol. The molecule has 0 aliphatic heterocycles. The van der Waals surface area contributed by atoms with E-state index in [0.29, 0.717) is 4.90 Å². The zero-order chi connectivity index (χ0) is 12.5. The van der Waals surface area contributed by atoms with Gasteiger partial charge in [-0.05, 0) is 6.92 Å². The monoisotopic (exact) mass is 240 g/mol. The van der Waals surface area contributed by atoms with Gasteiger partial charge < -0.3 is 4.90 Å². The van der Waals surface area contributed by atoms with E-state index in [2.05, 4.69) is 0 Å². The lowest BCUT2D eigenvalue weighted by Gasteiger charge is -2.21. The van der Waals surface area contributed by atoms with Crippen molar-refractivity contribution in [3.05, 3.63) is 10.1 Å². The van der Waals surface area contributed by atoms with E-state index < -0.39 is 35.5 Å². The molecular weight excluding hydrogens is 229 g/mol. The van der Waals surface area contributed by atoms with Crippen molar-refractivity contribution in [3.63, 3.8) is 0 Å². The van der Waals surface area contributed by atoms with Gasteiger partial charge in [0.2, 0.25) is 11.9 Å². The molecule has 0 saturated heterocycles. The molecule has 1 aliphatic carbocycles. The lowest BCUT2D eigenvalue weighted by atomic mass is 10.3. The van der Waals surface area contributed by atoms with Crippen LogP contribution in [0.1, 0.15) is 13.3 Å². The van der Waals surface area contributed by atoms with Gasteiger partial charge in [-0.1, -0.05) is 0 Å². The summed E-state index contributed by atoms with van der Waals surface area (Å²) in [5.74, 6) is -1.65. The molecule has 1 aliphatic rings. The fourth-order valence-electron chi connectivity index (χ4n) is 1.48. The van der Waals surface area contributed by atoms with E-state index in [4.69, 9.17) is 0 Å². The highest BCUT2D eigenvalue weighted by molar-refractivity contribution is 5.82. The molecule has 0 spiro atoms. The van der Waals surface area contributed by atoms with Gasteiger partial charge >= 0.3 is 6.18 Å². The van der Waals surface area contributed by atoms with Gasteiger partial charge in [0, 0.05) is 17.9 Å². The van der Waals surface area contributed by atoms with Gasteiger partial charge in [-0.2, -0.15) is 13.2 Å². The molecule has 0 aromatic carbocycles. The van der Waals surface area contributed by atoms with Crippen LogP contribution in [0.5, 0.6) is 0 Å². The van der Waals surface area contributed by atoms with Gasteiger partial charge in [0.25, 0.3) is 0 Å². The van der Waals surface area contributed by atoms with Crippen LogP contribution < -0.4 is 0 Å². The number of hydrogen-bond donors (Lipinski definition) is 0. The van der Waals surface area contributed by atoms with Gasteiger partial charge in [-0.3, -0.25) is 14.9 Å². The van der Waals surface area contributed by atoms with Crippen LogP contribution >= 0.6 is 0 Å². The average Bonchev–Trinajstić information content (AvgIpc) is 2.90. The third-order valence-corrected chi connectivity index (χ3v) is 2.41. The Labute approximate surface area is 89.4 Å². The van der Waals surface area contributed by atoms with Crippen molar-refractivity contribution in [3.8, 4) is 0 Å². The number of carbonyl (C=O) groups excluding carboxylic acids is 1. The zero-order valence-corrected chi connectivity index (χ0v) is 8.53. The van der Waals surface area contributed by atoms with Crippen molar-refractivity contribution in [2.45, 2.75) is 25.6 Å². The van der Waals surface area contributed by atoms with Crippen LogP contribution in [0.25, 0.3) is 0 Å². The van der Waals surface area contributed by atoms with Crippen LogP contribution in [-0.4, -0.2) is 41.0 Å². The van der Waals surface area contributed by atoms with E-state index in [0.717, 1.165) is 0 Å². The molecule has 1 fully saturated rings. The molecule has 1 rings (SSSR count). The summed E-state index contributed by atoms with van der Waals surface area (Å²) < 4.78 is 36.2. The van der Waals surface area contributed by atoms with Crippen molar-refractivity contribution in [1.82, 2.24) is 4.90 Å². The van der Waals surface area contributed by atoms with E-state index in [-0.39, 0.29) is 13.0 Å². The third-order valence-electron chi connectivity index (χ3n) is 2.41. The molecular formula is C8H11F3N2O3. The second kappa shape index (κ2) is 4.26. The quantitative estimate of drug-likeness (QED) is 0.545. The molecule has 0 aromatic rings. The summed E-state index contributed by atoms with van der Waals surface area (Å²) in [6, 6.07) is -1.00. The smallest absolute Gasteiger partial charge is 0.333 e. The Morgan fingerprint density at radius 1 is 1.56 bits per heavy atom. The normalized spacial score (nSPS) is 24.0. The number of alkyl halides is 3. The Kier molecular flexibility index (Phi) is 3.39. The SMILES string of the molecule is CCN(CC(F)(F)F)C(=O)C1CC1[N+](=O)[O-]. The minimum atomic E-state index is -4.47. The number of nitro groups is 1. The molecule has 0 N–H and O–H groups in total. The molecule has 2 atom stereocenters. The predicted octanol–water partition coefficient (Wildman–Crippen LogP) is 1.06. The Balaban J connectivity index is 2.55. The highest BCUT2D eigenvalue weighted by Gasteiger charge is 2.55. The zero-order valence-electron chi connectivity index (χ0n) is 8.53. The number of nitrogens with zero attached hydrogens (tertiary/aromatic N) is 2.